The Labute approximate surface area is 165 Å². The van der Waals surface area contributed by atoms with Gasteiger partial charge in [0.2, 0.25) is 5.91 Å². The molecular weight excluding hydrogens is 393 g/mol. The summed E-state index contributed by atoms with van der Waals surface area (Å²) in [7, 11) is 1.82. The van der Waals surface area contributed by atoms with Crippen molar-refractivity contribution in [3.8, 4) is 0 Å². The van der Waals surface area contributed by atoms with Crippen molar-refractivity contribution in [2.45, 2.75) is 30.2 Å². The second-order valence-corrected chi connectivity index (χ2v) is 8.01. The van der Waals surface area contributed by atoms with Crippen LogP contribution in [0.25, 0.3) is 11.0 Å². The molecule has 3 aromatic rings. The van der Waals surface area contributed by atoms with E-state index in [0.29, 0.717) is 10.0 Å². The summed E-state index contributed by atoms with van der Waals surface area (Å²) in [4.78, 5) is 21.1. The highest BCUT2D eigenvalue weighted by molar-refractivity contribution is 8.00. The molecular formula is C17H17Cl2N5OS. The van der Waals surface area contributed by atoms with E-state index >= 15 is 0 Å². The number of hydrogen-bond donors (Lipinski definition) is 1. The van der Waals surface area contributed by atoms with Gasteiger partial charge in [-0.3, -0.25) is 9.48 Å². The minimum absolute atomic E-state index is 0.107. The molecule has 9 heteroatoms. The van der Waals surface area contributed by atoms with Crippen LogP contribution in [0.3, 0.4) is 0 Å². The van der Waals surface area contributed by atoms with E-state index in [2.05, 4.69) is 20.4 Å². The molecule has 0 aliphatic heterocycles. The molecule has 0 unspecified atom stereocenters. The number of nitrogens with one attached hydrogen (secondary N) is 1. The van der Waals surface area contributed by atoms with Gasteiger partial charge in [-0.1, -0.05) is 41.0 Å². The Bertz CT molecular complexity index is 961. The molecule has 26 heavy (non-hydrogen) atoms. The number of nitrogens with zero attached hydrogens (tertiary/aromatic N) is 4. The van der Waals surface area contributed by atoms with Crippen LogP contribution < -0.4 is 5.32 Å². The Morgan fingerprint density at radius 1 is 1.27 bits per heavy atom. The molecule has 0 fully saturated rings. The number of aromatic nitrogens is 4. The number of carbonyl (C=O) groups excluding carboxylic acids is 1. The number of aryl methyl sites for hydroxylation is 1. The second-order valence-electron chi connectivity index (χ2n) is 5.84. The van der Waals surface area contributed by atoms with Crippen molar-refractivity contribution in [1.82, 2.24) is 25.1 Å². The fraction of sp³-hybridized carbons (Fsp3) is 0.294. The number of fused-ring (bicyclic) bond motifs is 1. The summed E-state index contributed by atoms with van der Waals surface area (Å²) in [5.74, 6) is -0.107. The molecule has 2 aromatic heterocycles. The third-order valence-electron chi connectivity index (χ3n) is 3.94. The Morgan fingerprint density at radius 2 is 2.04 bits per heavy atom. The highest BCUT2D eigenvalue weighted by Gasteiger charge is 2.21. The first-order valence-electron chi connectivity index (χ1n) is 7.91. The second kappa shape index (κ2) is 7.82. The Balaban J connectivity index is 1.71. The first-order valence-corrected chi connectivity index (χ1v) is 9.55. The van der Waals surface area contributed by atoms with Crippen LogP contribution >= 0.6 is 35.0 Å². The predicted molar refractivity (Wildman–Crippen MR) is 105 cm³/mol. The van der Waals surface area contributed by atoms with Gasteiger partial charge in [0.05, 0.1) is 22.9 Å². The van der Waals surface area contributed by atoms with Crippen LogP contribution in [0.4, 0.5) is 0 Å². The van der Waals surface area contributed by atoms with Crippen LogP contribution in [0.5, 0.6) is 0 Å². The number of halogens is 2. The molecule has 0 saturated heterocycles. The van der Waals surface area contributed by atoms with E-state index in [1.165, 1.54) is 18.1 Å². The summed E-state index contributed by atoms with van der Waals surface area (Å²) in [6.07, 6.45) is 3.19. The van der Waals surface area contributed by atoms with Crippen molar-refractivity contribution in [1.29, 1.82) is 0 Å². The van der Waals surface area contributed by atoms with Gasteiger partial charge in [0.1, 0.15) is 11.4 Å². The van der Waals surface area contributed by atoms with E-state index in [9.17, 15) is 4.79 Å². The van der Waals surface area contributed by atoms with E-state index < -0.39 is 0 Å². The topological polar surface area (TPSA) is 72.7 Å². The molecule has 0 saturated carbocycles. The Kier molecular flexibility index (Phi) is 5.70. The van der Waals surface area contributed by atoms with Crippen LogP contribution in [0.15, 0.2) is 35.7 Å². The molecule has 136 valence electrons. The number of benzene rings is 1. The van der Waals surface area contributed by atoms with Gasteiger partial charge >= 0.3 is 0 Å². The quantitative estimate of drug-likeness (QED) is 0.508. The minimum Gasteiger partial charge on any atom is -0.349 e. The summed E-state index contributed by atoms with van der Waals surface area (Å²) in [6.45, 7) is 3.72. The van der Waals surface area contributed by atoms with Crippen LogP contribution in [-0.4, -0.2) is 30.9 Å². The highest BCUT2D eigenvalue weighted by Crippen LogP contribution is 2.29. The largest absolute Gasteiger partial charge is 0.349 e. The number of hydrogen-bond acceptors (Lipinski definition) is 5. The molecule has 3 rings (SSSR count). The lowest BCUT2D eigenvalue weighted by Crippen LogP contribution is -2.33. The molecule has 0 spiro atoms. The third-order valence-corrected chi connectivity index (χ3v) is 5.62. The predicted octanol–water partition coefficient (Wildman–Crippen LogP) is 4.03. The smallest absolute Gasteiger partial charge is 0.233 e. The molecule has 0 aliphatic rings. The fourth-order valence-electron chi connectivity index (χ4n) is 2.52. The monoisotopic (exact) mass is 409 g/mol. The minimum atomic E-state index is -0.346. The van der Waals surface area contributed by atoms with Gasteiger partial charge in [-0.05, 0) is 31.5 Å². The van der Waals surface area contributed by atoms with E-state index in [1.807, 2.05) is 27.0 Å². The van der Waals surface area contributed by atoms with E-state index in [0.717, 1.165) is 21.6 Å². The average Bonchev–Trinajstić information content (AvgIpc) is 2.97. The lowest BCUT2D eigenvalue weighted by atomic mass is 10.1. The third kappa shape index (κ3) is 3.95. The summed E-state index contributed by atoms with van der Waals surface area (Å²) in [5.41, 5.74) is 1.55. The Morgan fingerprint density at radius 3 is 2.77 bits per heavy atom. The van der Waals surface area contributed by atoms with Gasteiger partial charge < -0.3 is 5.32 Å². The molecule has 2 heterocycles. The van der Waals surface area contributed by atoms with Crippen molar-refractivity contribution in [3.63, 3.8) is 0 Å². The van der Waals surface area contributed by atoms with Crippen molar-refractivity contribution in [2.24, 2.45) is 7.05 Å². The average molecular weight is 410 g/mol. The van der Waals surface area contributed by atoms with Crippen molar-refractivity contribution >= 4 is 51.9 Å². The molecule has 1 N–H and O–H groups in total. The first kappa shape index (κ1) is 18.9. The Hall–Kier alpha value is -1.83. The van der Waals surface area contributed by atoms with Gasteiger partial charge in [-0.15, -0.1) is 0 Å². The maximum atomic E-state index is 12.6. The zero-order chi connectivity index (χ0) is 18.8. The van der Waals surface area contributed by atoms with Gasteiger partial charge in [-0.2, -0.15) is 5.10 Å². The zero-order valence-corrected chi connectivity index (χ0v) is 16.7. The lowest BCUT2D eigenvalue weighted by Gasteiger charge is -2.18. The van der Waals surface area contributed by atoms with Crippen LogP contribution in [0.2, 0.25) is 10.0 Å². The van der Waals surface area contributed by atoms with Crippen molar-refractivity contribution in [2.75, 3.05) is 0 Å². The molecule has 2 atom stereocenters. The molecule has 1 amide bonds. The van der Waals surface area contributed by atoms with E-state index in [4.69, 9.17) is 23.2 Å². The SMILES string of the molecule is C[C@H](NC(=O)[C@@H](C)Sc1ncnc2c1cnn2C)c1ccc(Cl)cc1Cl. The van der Waals surface area contributed by atoms with Crippen LogP contribution in [0, 0.1) is 0 Å². The van der Waals surface area contributed by atoms with Crippen LogP contribution in [0.1, 0.15) is 25.5 Å². The van der Waals surface area contributed by atoms with E-state index in [-0.39, 0.29) is 17.2 Å². The summed E-state index contributed by atoms with van der Waals surface area (Å²) >= 11 is 13.5. The number of rotatable bonds is 5. The fourth-order valence-corrected chi connectivity index (χ4v) is 3.98. The van der Waals surface area contributed by atoms with Gasteiger partial charge in [-0.25, -0.2) is 9.97 Å². The molecule has 0 aliphatic carbocycles. The van der Waals surface area contributed by atoms with Gasteiger partial charge in [0.15, 0.2) is 5.65 Å². The molecule has 0 radical (unpaired) electrons. The maximum Gasteiger partial charge on any atom is 0.233 e. The number of thioether (sulfide) groups is 1. The van der Waals surface area contributed by atoms with Crippen molar-refractivity contribution in [3.05, 3.63) is 46.3 Å². The summed E-state index contributed by atoms with van der Waals surface area (Å²) in [6, 6.07) is 5.00. The highest BCUT2D eigenvalue weighted by atomic mass is 35.5. The normalized spacial score (nSPS) is 13.6. The number of amides is 1. The molecule has 6 nitrogen and oxygen atoms in total. The standard InChI is InChI=1S/C17H17Cl2N5OS/c1-9(12-5-4-11(18)6-14(12)19)23-16(25)10(2)26-17-13-7-22-24(3)15(13)20-8-21-17/h4-10H,1-3H3,(H,23,25)/t9-,10+/m0/s1. The summed E-state index contributed by atoms with van der Waals surface area (Å²) in [5, 5.41) is 9.46. The summed E-state index contributed by atoms with van der Waals surface area (Å²) < 4.78 is 1.68. The maximum absolute atomic E-state index is 12.6. The van der Waals surface area contributed by atoms with Crippen molar-refractivity contribution < 1.29 is 4.79 Å². The number of carbonyl (C=O) groups is 1. The van der Waals surface area contributed by atoms with Gasteiger partial charge in [0, 0.05) is 17.1 Å². The van der Waals surface area contributed by atoms with Crippen LogP contribution in [-0.2, 0) is 11.8 Å². The first-order chi connectivity index (χ1) is 12.4. The molecule has 0 bridgehead atoms. The van der Waals surface area contributed by atoms with E-state index in [1.54, 1.807) is 23.0 Å². The molecule has 1 aromatic carbocycles. The van der Waals surface area contributed by atoms with Gasteiger partial charge in [0.25, 0.3) is 0 Å². The lowest BCUT2D eigenvalue weighted by molar-refractivity contribution is -0.120. The zero-order valence-electron chi connectivity index (χ0n) is 14.4.